The summed E-state index contributed by atoms with van der Waals surface area (Å²) < 4.78 is 0. The van der Waals surface area contributed by atoms with Crippen molar-refractivity contribution < 1.29 is 4.79 Å². The molecule has 0 unspecified atom stereocenters. The Kier molecular flexibility index (Phi) is 9.29. The first-order valence-corrected chi connectivity index (χ1v) is 7.37. The van der Waals surface area contributed by atoms with Crippen LogP contribution in [0, 0.1) is 5.92 Å². The molecule has 108 valence electrons. The van der Waals surface area contributed by atoms with Gasteiger partial charge in [0.25, 0.3) is 0 Å². The Morgan fingerprint density at radius 3 is 2.00 bits per heavy atom. The Morgan fingerprint density at radius 2 is 1.56 bits per heavy atom. The molecule has 0 aliphatic carbocycles. The summed E-state index contributed by atoms with van der Waals surface area (Å²) in [5.41, 5.74) is 0. The second-order valence-corrected chi connectivity index (χ2v) is 6.04. The molecule has 3 heteroatoms. The van der Waals surface area contributed by atoms with Gasteiger partial charge in [0.15, 0.2) is 5.78 Å². The molecule has 0 fully saturated rings. The molecule has 0 rings (SSSR count). The topological polar surface area (TPSA) is 41.1 Å². The van der Waals surface area contributed by atoms with E-state index in [4.69, 9.17) is 0 Å². The number of hydrogen-bond acceptors (Lipinski definition) is 3. The highest BCUT2D eigenvalue weighted by Gasteiger charge is 2.20. The number of ketones is 1. The third-order valence-corrected chi connectivity index (χ3v) is 2.92. The molecule has 0 radical (unpaired) electrons. The van der Waals surface area contributed by atoms with E-state index in [2.05, 4.69) is 38.3 Å². The first-order chi connectivity index (χ1) is 8.34. The van der Waals surface area contributed by atoms with Gasteiger partial charge in [-0.15, -0.1) is 0 Å². The fraction of sp³-hybridized carbons (Fsp3) is 0.933. The number of carbonyl (C=O) groups is 1. The molecule has 0 saturated carbocycles. The van der Waals surface area contributed by atoms with Crippen LogP contribution >= 0.6 is 0 Å². The van der Waals surface area contributed by atoms with E-state index in [1.54, 1.807) is 0 Å². The lowest BCUT2D eigenvalue weighted by Crippen LogP contribution is -2.42. The minimum atomic E-state index is 0.0315. The molecule has 0 spiro atoms. The first kappa shape index (κ1) is 17.6. The second-order valence-electron chi connectivity index (χ2n) is 6.04. The van der Waals surface area contributed by atoms with E-state index in [0.717, 1.165) is 25.8 Å². The van der Waals surface area contributed by atoms with E-state index < -0.39 is 0 Å². The van der Waals surface area contributed by atoms with Crippen molar-refractivity contribution in [3.8, 4) is 0 Å². The summed E-state index contributed by atoms with van der Waals surface area (Å²) in [6.07, 6.45) is 3.19. The molecular weight excluding hydrogens is 224 g/mol. The van der Waals surface area contributed by atoms with Crippen molar-refractivity contribution >= 4 is 5.78 Å². The van der Waals surface area contributed by atoms with Crippen molar-refractivity contribution in [2.24, 2.45) is 5.92 Å². The highest BCUT2D eigenvalue weighted by Crippen LogP contribution is 2.08. The highest BCUT2D eigenvalue weighted by atomic mass is 16.1. The average molecular weight is 256 g/mol. The van der Waals surface area contributed by atoms with Crippen molar-refractivity contribution in [3.63, 3.8) is 0 Å². The Morgan fingerprint density at radius 1 is 0.944 bits per heavy atom. The maximum atomic E-state index is 12.1. The van der Waals surface area contributed by atoms with Gasteiger partial charge in [0.2, 0.25) is 0 Å². The number of unbranched alkanes of at least 4 members (excludes halogenated alkanes) is 1. The minimum absolute atomic E-state index is 0.0315. The summed E-state index contributed by atoms with van der Waals surface area (Å²) in [6, 6.07) is 0.947. The van der Waals surface area contributed by atoms with Crippen LogP contribution in [0.2, 0.25) is 0 Å². The summed E-state index contributed by atoms with van der Waals surface area (Å²) in [5, 5.41) is 6.80. The van der Waals surface area contributed by atoms with Gasteiger partial charge in [0.05, 0.1) is 6.04 Å². The van der Waals surface area contributed by atoms with Crippen LogP contribution in [0.4, 0.5) is 0 Å². The molecule has 0 aliphatic heterocycles. The molecule has 0 bridgehead atoms. The van der Waals surface area contributed by atoms with Gasteiger partial charge in [-0.2, -0.15) is 0 Å². The zero-order valence-electron chi connectivity index (χ0n) is 13.0. The molecule has 0 heterocycles. The van der Waals surface area contributed by atoms with Gasteiger partial charge in [0.1, 0.15) is 0 Å². The van der Waals surface area contributed by atoms with Crippen LogP contribution in [0.15, 0.2) is 0 Å². The molecule has 0 amide bonds. The van der Waals surface area contributed by atoms with E-state index >= 15 is 0 Å². The fourth-order valence-corrected chi connectivity index (χ4v) is 1.98. The molecule has 3 nitrogen and oxygen atoms in total. The summed E-state index contributed by atoms with van der Waals surface area (Å²) in [4.78, 5) is 12.1. The molecule has 1 atom stereocenters. The van der Waals surface area contributed by atoms with Gasteiger partial charge in [-0.05, 0) is 19.4 Å². The van der Waals surface area contributed by atoms with Crippen molar-refractivity contribution in [2.45, 2.75) is 78.9 Å². The van der Waals surface area contributed by atoms with Crippen molar-refractivity contribution in [2.75, 3.05) is 6.54 Å². The average Bonchev–Trinajstić information content (AvgIpc) is 2.24. The number of Topliss-reactive ketones (excluding diaryl/α,β-unsaturated/α-hetero) is 1. The maximum Gasteiger partial charge on any atom is 0.152 e. The van der Waals surface area contributed by atoms with Crippen LogP contribution in [0.25, 0.3) is 0 Å². The van der Waals surface area contributed by atoms with E-state index in [-0.39, 0.29) is 12.0 Å². The van der Waals surface area contributed by atoms with E-state index in [0.29, 0.717) is 17.9 Å². The number of rotatable bonds is 10. The van der Waals surface area contributed by atoms with Gasteiger partial charge >= 0.3 is 0 Å². The quantitative estimate of drug-likeness (QED) is 0.591. The number of carbonyl (C=O) groups excluding carboxylic acids is 1. The van der Waals surface area contributed by atoms with Crippen LogP contribution in [0.5, 0.6) is 0 Å². The summed E-state index contributed by atoms with van der Waals surface area (Å²) in [5.74, 6) is 0.468. The molecule has 2 N–H and O–H groups in total. The Labute approximate surface area is 113 Å². The van der Waals surface area contributed by atoms with Crippen LogP contribution in [-0.4, -0.2) is 30.5 Å². The normalized spacial score (nSPS) is 13.6. The molecule has 0 aromatic heterocycles. The number of nitrogens with one attached hydrogen (secondary N) is 2. The van der Waals surface area contributed by atoms with Crippen molar-refractivity contribution in [1.29, 1.82) is 0 Å². The zero-order chi connectivity index (χ0) is 14.1. The predicted molar refractivity (Wildman–Crippen MR) is 78.9 cm³/mol. The third-order valence-electron chi connectivity index (χ3n) is 2.92. The lowest BCUT2D eigenvalue weighted by molar-refractivity contribution is -0.124. The van der Waals surface area contributed by atoms with E-state index in [9.17, 15) is 4.79 Å². The fourth-order valence-electron chi connectivity index (χ4n) is 1.98. The molecular formula is C15H32N2O. The van der Waals surface area contributed by atoms with Crippen LogP contribution in [-0.2, 0) is 4.79 Å². The third kappa shape index (κ3) is 8.65. The second kappa shape index (κ2) is 9.51. The standard InChI is InChI=1S/C15H32N2O/c1-11(2)15(18)14(17-13(5)6)9-7-8-10-16-12(3)4/h11-14,16-17H,7-10H2,1-6H3/t14-/m0/s1. The molecule has 0 aliphatic rings. The summed E-state index contributed by atoms with van der Waals surface area (Å²) in [6.45, 7) is 13.5. The highest BCUT2D eigenvalue weighted by molar-refractivity contribution is 5.85. The van der Waals surface area contributed by atoms with Gasteiger partial charge < -0.3 is 10.6 Å². The Bertz CT molecular complexity index is 225. The SMILES string of the molecule is CC(C)NCCCC[C@H](NC(C)C)C(=O)C(C)C. The smallest absolute Gasteiger partial charge is 0.152 e. The predicted octanol–water partition coefficient (Wildman–Crippen LogP) is 2.75. The summed E-state index contributed by atoms with van der Waals surface area (Å²) >= 11 is 0. The summed E-state index contributed by atoms with van der Waals surface area (Å²) in [7, 11) is 0. The van der Waals surface area contributed by atoms with Gasteiger partial charge in [-0.1, -0.05) is 48.0 Å². The van der Waals surface area contributed by atoms with Crippen molar-refractivity contribution in [3.05, 3.63) is 0 Å². The zero-order valence-corrected chi connectivity index (χ0v) is 13.0. The first-order valence-electron chi connectivity index (χ1n) is 7.37. The van der Waals surface area contributed by atoms with Gasteiger partial charge in [0, 0.05) is 18.0 Å². The molecule has 0 aromatic rings. The van der Waals surface area contributed by atoms with E-state index in [1.165, 1.54) is 0 Å². The Hall–Kier alpha value is -0.410. The minimum Gasteiger partial charge on any atom is -0.315 e. The largest absolute Gasteiger partial charge is 0.315 e. The van der Waals surface area contributed by atoms with Crippen LogP contribution in [0.1, 0.15) is 60.8 Å². The van der Waals surface area contributed by atoms with Crippen LogP contribution in [0.3, 0.4) is 0 Å². The monoisotopic (exact) mass is 256 g/mol. The number of hydrogen-bond donors (Lipinski definition) is 2. The van der Waals surface area contributed by atoms with Crippen LogP contribution < -0.4 is 10.6 Å². The molecule has 0 aromatic carbocycles. The van der Waals surface area contributed by atoms with Gasteiger partial charge in [-0.25, -0.2) is 0 Å². The van der Waals surface area contributed by atoms with Gasteiger partial charge in [-0.3, -0.25) is 4.79 Å². The van der Waals surface area contributed by atoms with E-state index in [1.807, 2.05) is 13.8 Å². The molecule has 18 heavy (non-hydrogen) atoms. The lowest BCUT2D eigenvalue weighted by atomic mass is 9.96. The lowest BCUT2D eigenvalue weighted by Gasteiger charge is -2.22. The maximum absolute atomic E-state index is 12.1. The van der Waals surface area contributed by atoms with Crippen molar-refractivity contribution in [1.82, 2.24) is 10.6 Å². The Balaban J connectivity index is 3.98. The molecule has 0 saturated heterocycles.